The Hall–Kier alpha value is -2.33. The highest BCUT2D eigenvalue weighted by Gasteiger charge is 2.34. The lowest BCUT2D eigenvalue weighted by Gasteiger charge is -2.20. The summed E-state index contributed by atoms with van der Waals surface area (Å²) >= 11 is 0. The van der Waals surface area contributed by atoms with Crippen LogP contribution in [-0.4, -0.2) is 50.6 Å². The van der Waals surface area contributed by atoms with Crippen LogP contribution in [0.1, 0.15) is 36.0 Å². The number of allylic oxidation sites excluding steroid dienone is 4. The monoisotopic (exact) mass is 444 g/mol. The molecule has 0 radical (unpaired) electrons. The number of phenolic OH excluding ortho intramolecular Hbond substituents is 1. The number of likely N-dealkylation sites (tertiary alicyclic amines) is 1. The maximum Gasteiger partial charge on any atom is 0.412 e. The minimum absolute atomic E-state index is 0.0364. The quantitative estimate of drug-likeness (QED) is 0.729. The van der Waals surface area contributed by atoms with Crippen LogP contribution >= 0.6 is 0 Å². The number of hydrogen-bond donors (Lipinski definition) is 2. The number of halogens is 3. The van der Waals surface area contributed by atoms with Crippen LogP contribution < -0.4 is 4.72 Å². The molecule has 1 aliphatic heterocycles. The van der Waals surface area contributed by atoms with E-state index in [4.69, 9.17) is 0 Å². The summed E-state index contributed by atoms with van der Waals surface area (Å²) in [5.74, 6) is -0.675. The van der Waals surface area contributed by atoms with Crippen LogP contribution in [0.15, 0.2) is 46.4 Å². The van der Waals surface area contributed by atoms with E-state index in [1.54, 1.807) is 0 Å². The lowest BCUT2D eigenvalue weighted by Crippen LogP contribution is -2.29. The third kappa shape index (κ3) is 4.86. The van der Waals surface area contributed by atoms with Crippen LogP contribution in [-0.2, 0) is 10.0 Å². The van der Waals surface area contributed by atoms with Gasteiger partial charge in [0.25, 0.3) is 5.91 Å². The third-order valence-electron chi connectivity index (χ3n) is 5.50. The number of sulfonamides is 1. The molecule has 1 aromatic carbocycles. The summed E-state index contributed by atoms with van der Waals surface area (Å²) in [7, 11) is -2.51. The van der Waals surface area contributed by atoms with Gasteiger partial charge < -0.3 is 10.0 Å². The summed E-state index contributed by atoms with van der Waals surface area (Å²) in [6, 6.07) is 3.52. The topological polar surface area (TPSA) is 86.7 Å². The molecule has 10 heteroatoms. The lowest BCUT2D eigenvalue weighted by molar-refractivity contribution is -0.0941. The molecule has 0 bridgehead atoms. The number of nitrogens with one attached hydrogen (secondary N) is 1. The van der Waals surface area contributed by atoms with Crippen LogP contribution in [0.3, 0.4) is 0 Å². The van der Waals surface area contributed by atoms with Crippen molar-refractivity contribution in [3.05, 3.63) is 47.1 Å². The highest BCUT2D eigenvalue weighted by atomic mass is 32.2. The number of alkyl halides is 3. The van der Waals surface area contributed by atoms with Crippen molar-refractivity contribution < 1.29 is 31.5 Å². The van der Waals surface area contributed by atoms with E-state index in [0.717, 1.165) is 17.7 Å². The van der Waals surface area contributed by atoms with E-state index in [9.17, 15) is 31.5 Å². The van der Waals surface area contributed by atoms with Crippen molar-refractivity contribution in [1.29, 1.82) is 0 Å². The average molecular weight is 444 g/mol. The third-order valence-corrected chi connectivity index (χ3v) is 6.91. The predicted molar refractivity (Wildman–Crippen MR) is 104 cm³/mol. The molecule has 1 unspecified atom stereocenters. The van der Waals surface area contributed by atoms with Crippen LogP contribution in [0, 0.1) is 5.92 Å². The van der Waals surface area contributed by atoms with Gasteiger partial charge in [0.2, 0.25) is 10.0 Å². The summed E-state index contributed by atoms with van der Waals surface area (Å²) in [5, 5.41) is 10.1. The molecule has 1 aromatic rings. The highest BCUT2D eigenvalue weighted by molar-refractivity contribution is 7.89. The summed E-state index contributed by atoms with van der Waals surface area (Å²) < 4.78 is 64.3. The van der Waals surface area contributed by atoms with Crippen LogP contribution in [0.4, 0.5) is 13.2 Å². The minimum atomic E-state index is -4.30. The minimum Gasteiger partial charge on any atom is -0.507 e. The molecule has 0 aromatic heterocycles. The molecule has 2 N–H and O–H groups in total. The molecule has 1 fully saturated rings. The van der Waals surface area contributed by atoms with Crippen LogP contribution in [0.5, 0.6) is 5.75 Å². The number of hydrogen-bond acceptors (Lipinski definition) is 4. The second kappa shape index (κ2) is 8.43. The molecule has 1 atom stereocenters. The number of phenols is 1. The summed E-state index contributed by atoms with van der Waals surface area (Å²) in [5.41, 5.74) is 0.301. The molecule has 0 saturated carbocycles. The van der Waals surface area contributed by atoms with E-state index in [2.05, 4.69) is 4.72 Å². The van der Waals surface area contributed by atoms with Crippen LogP contribution in [0.25, 0.3) is 0 Å². The van der Waals surface area contributed by atoms with Crippen molar-refractivity contribution >= 4 is 15.9 Å². The van der Waals surface area contributed by atoms with Crippen LogP contribution in [0.2, 0.25) is 0 Å². The first-order chi connectivity index (χ1) is 14.0. The predicted octanol–water partition coefficient (Wildman–Crippen LogP) is 3.36. The standard InChI is InChI=1S/C20H23F3N2O4S/c1-24-30(28,29)16-6-7-18(26)17(11-16)19(27)25-9-8-14(12-25)10-13-2-4-15(5-3-13)20(21,22)23/h2,4,6-7,11,14,24,26H,3,5,8-10,12H2,1H3. The van der Waals surface area contributed by atoms with E-state index in [-0.39, 0.29) is 28.5 Å². The van der Waals surface area contributed by atoms with Gasteiger partial charge in [-0.3, -0.25) is 4.79 Å². The van der Waals surface area contributed by atoms with E-state index in [1.807, 2.05) is 0 Å². The highest BCUT2D eigenvalue weighted by Crippen LogP contribution is 2.36. The summed E-state index contributed by atoms with van der Waals surface area (Å²) in [6.07, 6.45) is -0.0430. The molecule has 2 aliphatic rings. The van der Waals surface area contributed by atoms with Crippen molar-refractivity contribution in [3.63, 3.8) is 0 Å². The molecule has 164 valence electrons. The second-order valence-corrected chi connectivity index (χ2v) is 9.40. The van der Waals surface area contributed by atoms with Crippen molar-refractivity contribution in [2.45, 2.75) is 36.8 Å². The normalized spacial score (nSPS) is 20.1. The van der Waals surface area contributed by atoms with Gasteiger partial charge >= 0.3 is 6.18 Å². The SMILES string of the molecule is CNS(=O)(=O)c1ccc(O)c(C(=O)N2CCC(CC3=CC=C(C(F)(F)F)CC3)C2)c1. The second-order valence-electron chi connectivity index (χ2n) is 7.51. The largest absolute Gasteiger partial charge is 0.507 e. The van der Waals surface area contributed by atoms with Gasteiger partial charge in [-0.05, 0) is 56.8 Å². The Bertz CT molecular complexity index is 1000. The zero-order valence-corrected chi connectivity index (χ0v) is 17.2. The lowest BCUT2D eigenvalue weighted by atomic mass is 9.90. The van der Waals surface area contributed by atoms with E-state index < -0.39 is 27.7 Å². The van der Waals surface area contributed by atoms with Gasteiger partial charge in [0.15, 0.2) is 0 Å². The van der Waals surface area contributed by atoms with E-state index in [0.29, 0.717) is 32.4 Å². The average Bonchev–Trinajstić information content (AvgIpc) is 3.16. The smallest absolute Gasteiger partial charge is 0.412 e. The molecule has 0 spiro atoms. The fourth-order valence-electron chi connectivity index (χ4n) is 3.78. The maximum atomic E-state index is 12.8. The Balaban J connectivity index is 1.68. The Morgan fingerprint density at radius 3 is 2.60 bits per heavy atom. The zero-order chi connectivity index (χ0) is 22.1. The van der Waals surface area contributed by atoms with Crippen molar-refractivity contribution in [2.75, 3.05) is 20.1 Å². The summed E-state index contributed by atoms with van der Waals surface area (Å²) in [4.78, 5) is 14.2. The first-order valence-electron chi connectivity index (χ1n) is 9.53. The Labute approximate surface area is 173 Å². The fourth-order valence-corrected chi connectivity index (χ4v) is 4.54. The number of benzene rings is 1. The Kier molecular flexibility index (Phi) is 6.28. The van der Waals surface area contributed by atoms with Gasteiger partial charge in [0, 0.05) is 18.7 Å². The molecule has 1 heterocycles. The number of amides is 1. The Morgan fingerprint density at radius 2 is 2.00 bits per heavy atom. The molecule has 1 saturated heterocycles. The van der Waals surface area contributed by atoms with E-state index in [1.165, 1.54) is 30.2 Å². The van der Waals surface area contributed by atoms with Crippen molar-refractivity contribution in [1.82, 2.24) is 9.62 Å². The molecular weight excluding hydrogens is 421 g/mol. The number of nitrogens with zero attached hydrogens (tertiary/aromatic N) is 1. The van der Waals surface area contributed by atoms with E-state index >= 15 is 0 Å². The molecule has 1 amide bonds. The van der Waals surface area contributed by atoms with Gasteiger partial charge in [0.1, 0.15) is 5.75 Å². The molecule has 1 aliphatic carbocycles. The first kappa shape index (κ1) is 22.4. The number of carbonyl (C=O) groups is 1. The van der Waals surface area contributed by atoms with Crippen molar-refractivity contribution in [3.8, 4) is 5.75 Å². The summed E-state index contributed by atoms with van der Waals surface area (Å²) in [6.45, 7) is 0.831. The van der Waals surface area contributed by atoms with Crippen molar-refractivity contribution in [2.24, 2.45) is 5.92 Å². The zero-order valence-electron chi connectivity index (χ0n) is 16.4. The number of carbonyl (C=O) groups excluding carboxylic acids is 1. The van der Waals surface area contributed by atoms with Gasteiger partial charge in [-0.15, -0.1) is 0 Å². The number of rotatable bonds is 5. The van der Waals surface area contributed by atoms with Gasteiger partial charge in [-0.25, -0.2) is 13.1 Å². The first-order valence-corrected chi connectivity index (χ1v) is 11.0. The molecular formula is C20H23F3N2O4S. The number of aromatic hydroxyl groups is 1. The molecule has 30 heavy (non-hydrogen) atoms. The molecule has 6 nitrogen and oxygen atoms in total. The van der Waals surface area contributed by atoms with Gasteiger partial charge in [-0.1, -0.05) is 17.7 Å². The maximum absolute atomic E-state index is 12.8. The Morgan fingerprint density at radius 1 is 1.27 bits per heavy atom. The fraction of sp³-hybridized carbons (Fsp3) is 0.450. The van der Waals surface area contributed by atoms with Gasteiger partial charge in [-0.2, -0.15) is 13.2 Å². The van der Waals surface area contributed by atoms with Gasteiger partial charge in [0.05, 0.1) is 10.5 Å². The molecule has 3 rings (SSSR count).